The topological polar surface area (TPSA) is 44.8 Å². The summed E-state index contributed by atoms with van der Waals surface area (Å²) in [4.78, 5) is 10.4. The van der Waals surface area contributed by atoms with E-state index in [0.717, 1.165) is 0 Å². The van der Waals surface area contributed by atoms with Crippen molar-refractivity contribution in [2.45, 2.75) is 33.0 Å². The molecule has 13 heavy (non-hydrogen) atoms. The summed E-state index contributed by atoms with van der Waals surface area (Å²) in [6, 6.07) is 0. The number of hydrogen-bond donors (Lipinski definition) is 0. The van der Waals surface area contributed by atoms with Crippen LogP contribution in [0.2, 0.25) is 0 Å². The minimum absolute atomic E-state index is 0.0692. The first-order valence-corrected chi connectivity index (χ1v) is 4.34. The lowest BCUT2D eigenvalue weighted by atomic mass is 10.4. The predicted octanol–water partition coefficient (Wildman–Crippen LogP) is 0.989. The lowest BCUT2D eigenvalue weighted by Crippen LogP contribution is -2.23. The Morgan fingerprint density at radius 2 is 1.85 bits per heavy atom. The summed E-state index contributed by atoms with van der Waals surface area (Å²) in [5, 5.41) is 0. The van der Waals surface area contributed by atoms with Crippen LogP contribution in [-0.2, 0) is 19.0 Å². The van der Waals surface area contributed by atoms with Gasteiger partial charge in [0.15, 0.2) is 0 Å². The van der Waals surface area contributed by atoms with E-state index >= 15 is 0 Å². The number of rotatable bonds is 6. The van der Waals surface area contributed by atoms with Gasteiger partial charge < -0.3 is 14.2 Å². The van der Waals surface area contributed by atoms with Crippen LogP contribution in [0.1, 0.15) is 20.8 Å². The molecule has 0 aliphatic rings. The molecule has 0 rings (SSSR count). The zero-order valence-corrected chi connectivity index (χ0v) is 8.70. The molecule has 0 unspecified atom stereocenters. The van der Waals surface area contributed by atoms with Crippen molar-refractivity contribution in [3.8, 4) is 0 Å². The van der Waals surface area contributed by atoms with Crippen molar-refractivity contribution >= 4 is 5.97 Å². The Hall–Kier alpha value is -0.610. The molecule has 0 bridgehead atoms. The third kappa shape index (κ3) is 7.74. The fourth-order valence-corrected chi connectivity index (χ4v) is 0.651. The van der Waals surface area contributed by atoms with Gasteiger partial charge >= 0.3 is 5.97 Å². The standard InChI is InChI=1S/C9H18O4/c1-7(11-4)5-12-8(2)6-13-9(3)10/h7-8H,5-6H2,1-4H3/t7-,8-/m1/s1. The molecule has 0 N–H and O–H groups in total. The fourth-order valence-electron chi connectivity index (χ4n) is 0.651. The van der Waals surface area contributed by atoms with Gasteiger partial charge in [0.05, 0.1) is 18.8 Å². The molecule has 0 aromatic carbocycles. The number of carbonyl (C=O) groups excluding carboxylic acids is 1. The van der Waals surface area contributed by atoms with E-state index < -0.39 is 0 Å². The number of esters is 1. The van der Waals surface area contributed by atoms with Crippen LogP contribution in [0.3, 0.4) is 0 Å². The van der Waals surface area contributed by atoms with Crippen LogP contribution in [0.4, 0.5) is 0 Å². The Labute approximate surface area is 79.2 Å². The molecule has 0 fully saturated rings. The van der Waals surface area contributed by atoms with Crippen molar-refractivity contribution < 1.29 is 19.0 Å². The zero-order valence-electron chi connectivity index (χ0n) is 8.70. The van der Waals surface area contributed by atoms with Gasteiger partial charge in [-0.25, -0.2) is 0 Å². The van der Waals surface area contributed by atoms with Crippen LogP contribution in [0.5, 0.6) is 0 Å². The van der Waals surface area contributed by atoms with Crippen LogP contribution in [0, 0.1) is 0 Å². The van der Waals surface area contributed by atoms with Crippen LogP contribution in [0.25, 0.3) is 0 Å². The molecule has 0 heterocycles. The van der Waals surface area contributed by atoms with Crippen molar-refractivity contribution in [3.05, 3.63) is 0 Å². The first kappa shape index (κ1) is 12.4. The molecule has 0 saturated heterocycles. The highest BCUT2D eigenvalue weighted by atomic mass is 16.6. The van der Waals surface area contributed by atoms with Crippen molar-refractivity contribution in [1.29, 1.82) is 0 Å². The molecule has 0 aliphatic carbocycles. The molecule has 0 aromatic heterocycles. The third-order valence-electron chi connectivity index (χ3n) is 1.54. The van der Waals surface area contributed by atoms with E-state index in [1.165, 1.54) is 6.92 Å². The summed E-state index contributed by atoms with van der Waals surface area (Å²) < 4.78 is 15.1. The Bertz CT molecular complexity index is 147. The predicted molar refractivity (Wildman–Crippen MR) is 48.5 cm³/mol. The van der Waals surface area contributed by atoms with Gasteiger partial charge in [0, 0.05) is 14.0 Å². The Morgan fingerprint density at radius 3 is 2.31 bits per heavy atom. The minimum atomic E-state index is -0.282. The lowest BCUT2D eigenvalue weighted by Gasteiger charge is -2.15. The van der Waals surface area contributed by atoms with E-state index in [0.29, 0.717) is 13.2 Å². The van der Waals surface area contributed by atoms with Crippen LogP contribution in [0.15, 0.2) is 0 Å². The van der Waals surface area contributed by atoms with Gasteiger partial charge in [-0.3, -0.25) is 4.79 Å². The summed E-state index contributed by atoms with van der Waals surface area (Å²) in [5.74, 6) is -0.282. The molecule has 2 atom stereocenters. The van der Waals surface area contributed by atoms with E-state index in [1.54, 1.807) is 7.11 Å². The third-order valence-corrected chi connectivity index (χ3v) is 1.54. The van der Waals surface area contributed by atoms with Crippen LogP contribution < -0.4 is 0 Å². The van der Waals surface area contributed by atoms with E-state index in [4.69, 9.17) is 14.2 Å². The smallest absolute Gasteiger partial charge is 0.302 e. The zero-order chi connectivity index (χ0) is 10.3. The molecule has 4 heteroatoms. The molecule has 0 spiro atoms. The maximum Gasteiger partial charge on any atom is 0.302 e. The Morgan fingerprint density at radius 1 is 1.23 bits per heavy atom. The van der Waals surface area contributed by atoms with E-state index in [9.17, 15) is 4.79 Å². The number of methoxy groups -OCH3 is 1. The SMILES string of the molecule is CO[C@H](C)CO[C@H](C)COC(C)=O. The van der Waals surface area contributed by atoms with Gasteiger partial charge in [-0.15, -0.1) is 0 Å². The van der Waals surface area contributed by atoms with Gasteiger partial charge in [0.2, 0.25) is 0 Å². The second-order valence-corrected chi connectivity index (χ2v) is 2.99. The molecule has 0 radical (unpaired) electrons. The second kappa shape index (κ2) is 6.86. The molecule has 0 saturated carbocycles. The summed E-state index contributed by atoms with van der Waals surface area (Å²) in [5.41, 5.74) is 0. The van der Waals surface area contributed by atoms with Crippen molar-refractivity contribution in [2.24, 2.45) is 0 Å². The van der Waals surface area contributed by atoms with E-state index in [1.807, 2.05) is 13.8 Å². The van der Waals surface area contributed by atoms with E-state index in [-0.39, 0.29) is 18.2 Å². The maximum absolute atomic E-state index is 10.4. The minimum Gasteiger partial charge on any atom is -0.463 e. The summed E-state index contributed by atoms with van der Waals surface area (Å²) >= 11 is 0. The number of hydrogen-bond acceptors (Lipinski definition) is 4. The van der Waals surface area contributed by atoms with Crippen molar-refractivity contribution in [2.75, 3.05) is 20.3 Å². The molecule has 78 valence electrons. The van der Waals surface area contributed by atoms with Crippen LogP contribution >= 0.6 is 0 Å². The quantitative estimate of drug-likeness (QED) is 0.586. The van der Waals surface area contributed by atoms with Crippen LogP contribution in [-0.4, -0.2) is 38.5 Å². The van der Waals surface area contributed by atoms with Gasteiger partial charge in [0.1, 0.15) is 6.61 Å². The number of carbonyl (C=O) groups is 1. The van der Waals surface area contributed by atoms with Crippen molar-refractivity contribution in [3.63, 3.8) is 0 Å². The van der Waals surface area contributed by atoms with E-state index in [2.05, 4.69) is 0 Å². The Kier molecular flexibility index (Phi) is 6.54. The monoisotopic (exact) mass is 190 g/mol. The molecule has 4 nitrogen and oxygen atoms in total. The summed E-state index contributed by atoms with van der Waals surface area (Å²) in [6.45, 7) is 5.96. The summed E-state index contributed by atoms with van der Waals surface area (Å²) in [7, 11) is 1.63. The highest BCUT2D eigenvalue weighted by Gasteiger charge is 2.06. The highest BCUT2D eigenvalue weighted by molar-refractivity contribution is 5.65. The fraction of sp³-hybridized carbons (Fsp3) is 0.889. The van der Waals surface area contributed by atoms with Gasteiger partial charge in [-0.05, 0) is 13.8 Å². The molecular weight excluding hydrogens is 172 g/mol. The van der Waals surface area contributed by atoms with Crippen molar-refractivity contribution in [1.82, 2.24) is 0 Å². The molecule has 0 amide bonds. The first-order valence-electron chi connectivity index (χ1n) is 4.34. The maximum atomic E-state index is 10.4. The normalized spacial score (nSPS) is 15.1. The van der Waals surface area contributed by atoms with Gasteiger partial charge in [-0.1, -0.05) is 0 Å². The summed E-state index contributed by atoms with van der Waals surface area (Å²) in [6.07, 6.45) is -0.0127. The molecular formula is C9H18O4. The average Bonchev–Trinajstić information content (AvgIpc) is 2.10. The molecule has 0 aliphatic heterocycles. The molecule has 0 aromatic rings. The Balaban J connectivity index is 3.39. The average molecular weight is 190 g/mol. The first-order chi connectivity index (χ1) is 6.06. The lowest BCUT2D eigenvalue weighted by molar-refractivity contribution is -0.145. The van der Waals surface area contributed by atoms with Gasteiger partial charge in [0.25, 0.3) is 0 Å². The second-order valence-electron chi connectivity index (χ2n) is 2.99. The largest absolute Gasteiger partial charge is 0.463 e. The van der Waals surface area contributed by atoms with Gasteiger partial charge in [-0.2, -0.15) is 0 Å². The highest BCUT2D eigenvalue weighted by Crippen LogP contribution is 1.96. The number of ether oxygens (including phenoxy) is 3.